The zero-order chi connectivity index (χ0) is 15.4. The highest BCUT2D eigenvalue weighted by Crippen LogP contribution is 2.24. The third-order valence-electron chi connectivity index (χ3n) is 3.58. The number of aromatic nitrogens is 1. The van der Waals surface area contributed by atoms with Crippen LogP contribution in [0.4, 0.5) is 5.69 Å². The lowest BCUT2D eigenvalue weighted by Crippen LogP contribution is -2.03. The molecule has 0 aliphatic carbocycles. The van der Waals surface area contributed by atoms with Crippen LogP contribution in [0.1, 0.15) is 12.0 Å². The zero-order valence-electron chi connectivity index (χ0n) is 12.0. The average molecular weight is 331 g/mol. The standard InChI is InChI=1S/C18H16Cl2N2/c19-14-5-3-13(4-6-14)2-1-10-21-17-9-11-22-18-12-15(20)7-8-16(17)18/h3-9,11-12H,1-2,10H2,(H,21,22). The molecule has 22 heavy (non-hydrogen) atoms. The summed E-state index contributed by atoms with van der Waals surface area (Å²) in [6.45, 7) is 0.907. The second-order valence-electron chi connectivity index (χ2n) is 5.18. The molecule has 3 aromatic rings. The number of hydrogen-bond donors (Lipinski definition) is 1. The molecule has 0 radical (unpaired) electrons. The van der Waals surface area contributed by atoms with Gasteiger partial charge in [-0.3, -0.25) is 4.98 Å². The van der Waals surface area contributed by atoms with Crippen LogP contribution >= 0.6 is 23.2 Å². The van der Waals surface area contributed by atoms with Crippen molar-refractivity contribution in [2.24, 2.45) is 0 Å². The van der Waals surface area contributed by atoms with Gasteiger partial charge in [-0.25, -0.2) is 0 Å². The first kappa shape index (κ1) is 15.1. The van der Waals surface area contributed by atoms with Crippen LogP contribution in [-0.4, -0.2) is 11.5 Å². The van der Waals surface area contributed by atoms with E-state index in [9.17, 15) is 0 Å². The number of aryl methyl sites for hydroxylation is 1. The van der Waals surface area contributed by atoms with Gasteiger partial charge < -0.3 is 5.32 Å². The molecule has 0 unspecified atom stereocenters. The molecule has 0 bridgehead atoms. The molecular weight excluding hydrogens is 315 g/mol. The number of benzene rings is 2. The van der Waals surface area contributed by atoms with Crippen molar-refractivity contribution in [3.05, 3.63) is 70.3 Å². The second-order valence-corrected chi connectivity index (χ2v) is 6.05. The summed E-state index contributed by atoms with van der Waals surface area (Å²) in [4.78, 5) is 4.35. The van der Waals surface area contributed by atoms with E-state index >= 15 is 0 Å². The normalized spacial score (nSPS) is 10.8. The minimum atomic E-state index is 0.708. The monoisotopic (exact) mass is 330 g/mol. The van der Waals surface area contributed by atoms with E-state index in [-0.39, 0.29) is 0 Å². The summed E-state index contributed by atoms with van der Waals surface area (Å²) < 4.78 is 0. The third kappa shape index (κ3) is 3.70. The van der Waals surface area contributed by atoms with Crippen molar-refractivity contribution in [1.29, 1.82) is 0 Å². The van der Waals surface area contributed by atoms with Crippen LogP contribution in [0.15, 0.2) is 54.7 Å². The van der Waals surface area contributed by atoms with Gasteiger partial charge in [-0.05, 0) is 54.8 Å². The molecule has 4 heteroatoms. The summed E-state index contributed by atoms with van der Waals surface area (Å²) in [7, 11) is 0. The van der Waals surface area contributed by atoms with Gasteiger partial charge in [-0.2, -0.15) is 0 Å². The first-order valence-corrected chi connectivity index (χ1v) is 8.00. The molecule has 0 spiro atoms. The van der Waals surface area contributed by atoms with E-state index in [2.05, 4.69) is 22.4 Å². The van der Waals surface area contributed by atoms with Gasteiger partial charge in [-0.1, -0.05) is 35.3 Å². The van der Waals surface area contributed by atoms with Crippen molar-refractivity contribution >= 4 is 39.8 Å². The Balaban J connectivity index is 1.61. The van der Waals surface area contributed by atoms with Crippen molar-refractivity contribution in [2.45, 2.75) is 12.8 Å². The summed E-state index contributed by atoms with van der Waals surface area (Å²) in [5.41, 5.74) is 3.31. The van der Waals surface area contributed by atoms with Crippen LogP contribution < -0.4 is 5.32 Å². The molecule has 0 aliphatic heterocycles. The molecular formula is C18H16Cl2N2. The van der Waals surface area contributed by atoms with Crippen LogP contribution in [0.25, 0.3) is 10.9 Å². The Morgan fingerprint density at radius 2 is 1.68 bits per heavy atom. The predicted octanol–water partition coefficient (Wildman–Crippen LogP) is 5.59. The number of hydrogen-bond acceptors (Lipinski definition) is 2. The van der Waals surface area contributed by atoms with E-state index in [1.54, 1.807) is 6.20 Å². The highest BCUT2D eigenvalue weighted by atomic mass is 35.5. The third-order valence-corrected chi connectivity index (χ3v) is 4.06. The number of halogens is 2. The zero-order valence-corrected chi connectivity index (χ0v) is 13.5. The van der Waals surface area contributed by atoms with Crippen LogP contribution in [0.5, 0.6) is 0 Å². The molecule has 0 fully saturated rings. The fourth-order valence-electron chi connectivity index (χ4n) is 2.44. The Morgan fingerprint density at radius 3 is 2.50 bits per heavy atom. The van der Waals surface area contributed by atoms with Crippen LogP contribution in [0.2, 0.25) is 10.0 Å². The average Bonchev–Trinajstić information content (AvgIpc) is 2.53. The first-order chi connectivity index (χ1) is 10.7. The van der Waals surface area contributed by atoms with Crippen molar-refractivity contribution in [1.82, 2.24) is 4.98 Å². The highest BCUT2D eigenvalue weighted by molar-refractivity contribution is 6.31. The second kappa shape index (κ2) is 6.99. The van der Waals surface area contributed by atoms with Gasteiger partial charge in [0.2, 0.25) is 0 Å². The van der Waals surface area contributed by atoms with Gasteiger partial charge in [0.25, 0.3) is 0 Å². The van der Waals surface area contributed by atoms with E-state index in [1.807, 2.05) is 36.4 Å². The smallest absolute Gasteiger partial charge is 0.0737 e. The van der Waals surface area contributed by atoms with E-state index in [1.165, 1.54) is 5.56 Å². The summed E-state index contributed by atoms with van der Waals surface area (Å²) >= 11 is 11.9. The maximum Gasteiger partial charge on any atom is 0.0737 e. The van der Waals surface area contributed by atoms with Crippen LogP contribution in [0, 0.1) is 0 Å². The number of nitrogens with one attached hydrogen (secondary N) is 1. The van der Waals surface area contributed by atoms with Crippen LogP contribution in [-0.2, 0) is 6.42 Å². The number of anilines is 1. The number of fused-ring (bicyclic) bond motifs is 1. The molecule has 0 amide bonds. The number of rotatable bonds is 5. The molecule has 0 saturated carbocycles. The molecule has 0 aliphatic rings. The maximum absolute atomic E-state index is 6.01. The lowest BCUT2D eigenvalue weighted by Gasteiger charge is -2.09. The van der Waals surface area contributed by atoms with E-state index < -0.39 is 0 Å². The summed E-state index contributed by atoms with van der Waals surface area (Å²) in [6, 6.07) is 15.8. The first-order valence-electron chi connectivity index (χ1n) is 7.25. The molecule has 112 valence electrons. The largest absolute Gasteiger partial charge is 0.384 e. The molecule has 0 saturated heterocycles. The highest BCUT2D eigenvalue weighted by Gasteiger charge is 2.02. The van der Waals surface area contributed by atoms with E-state index in [0.29, 0.717) is 5.02 Å². The lowest BCUT2D eigenvalue weighted by atomic mass is 10.1. The van der Waals surface area contributed by atoms with E-state index in [0.717, 1.165) is 41.0 Å². The summed E-state index contributed by atoms with van der Waals surface area (Å²) in [6.07, 6.45) is 3.89. The topological polar surface area (TPSA) is 24.9 Å². The minimum Gasteiger partial charge on any atom is -0.384 e. The molecule has 0 atom stereocenters. The Hall–Kier alpha value is -1.77. The number of pyridine rings is 1. The lowest BCUT2D eigenvalue weighted by molar-refractivity contribution is 0.864. The van der Waals surface area contributed by atoms with Crippen molar-refractivity contribution < 1.29 is 0 Å². The minimum absolute atomic E-state index is 0.708. The molecule has 2 nitrogen and oxygen atoms in total. The molecule has 3 rings (SSSR count). The van der Waals surface area contributed by atoms with Gasteiger partial charge >= 0.3 is 0 Å². The van der Waals surface area contributed by atoms with Crippen molar-refractivity contribution in [3.63, 3.8) is 0 Å². The molecule has 1 N–H and O–H groups in total. The van der Waals surface area contributed by atoms with Crippen molar-refractivity contribution in [2.75, 3.05) is 11.9 Å². The quantitative estimate of drug-likeness (QED) is 0.617. The van der Waals surface area contributed by atoms with Crippen LogP contribution in [0.3, 0.4) is 0 Å². The van der Waals surface area contributed by atoms with Crippen molar-refractivity contribution in [3.8, 4) is 0 Å². The van der Waals surface area contributed by atoms with Gasteiger partial charge in [-0.15, -0.1) is 0 Å². The van der Waals surface area contributed by atoms with Gasteiger partial charge in [0.1, 0.15) is 0 Å². The summed E-state index contributed by atoms with van der Waals surface area (Å²) in [5, 5.41) is 6.06. The maximum atomic E-state index is 6.01. The van der Waals surface area contributed by atoms with E-state index in [4.69, 9.17) is 23.2 Å². The summed E-state index contributed by atoms with van der Waals surface area (Å²) in [5.74, 6) is 0. The predicted molar refractivity (Wildman–Crippen MR) is 95.0 cm³/mol. The Morgan fingerprint density at radius 1 is 0.909 bits per heavy atom. The van der Waals surface area contributed by atoms with Gasteiger partial charge in [0, 0.05) is 33.9 Å². The Bertz CT molecular complexity index is 770. The van der Waals surface area contributed by atoms with Gasteiger partial charge in [0.15, 0.2) is 0 Å². The fraction of sp³-hybridized carbons (Fsp3) is 0.167. The Kier molecular flexibility index (Phi) is 4.81. The molecule has 2 aromatic carbocycles. The fourth-order valence-corrected chi connectivity index (χ4v) is 2.73. The number of nitrogens with zero attached hydrogens (tertiary/aromatic N) is 1. The Labute approximate surface area is 140 Å². The SMILES string of the molecule is Clc1ccc(CCCNc2ccnc3cc(Cl)ccc23)cc1. The van der Waals surface area contributed by atoms with Gasteiger partial charge in [0.05, 0.1) is 5.52 Å². The molecule has 1 heterocycles. The molecule has 1 aromatic heterocycles.